The fourth-order valence-electron chi connectivity index (χ4n) is 2.98. The molecule has 0 unspecified atom stereocenters. The van der Waals surface area contributed by atoms with Crippen molar-refractivity contribution in [3.05, 3.63) is 42.9 Å². The van der Waals surface area contributed by atoms with E-state index in [-0.39, 0.29) is 0 Å². The molecule has 0 bridgehead atoms. The van der Waals surface area contributed by atoms with Crippen molar-refractivity contribution in [3.63, 3.8) is 0 Å². The first-order valence-corrected chi connectivity index (χ1v) is 7.37. The molecule has 112 valence electrons. The Bertz CT molecular complexity index is 774. The van der Waals surface area contributed by atoms with Gasteiger partial charge in [-0.15, -0.1) is 0 Å². The molecule has 0 saturated carbocycles. The molecule has 0 aliphatic carbocycles. The van der Waals surface area contributed by atoms with Crippen molar-refractivity contribution < 1.29 is 0 Å². The lowest BCUT2D eigenvalue weighted by Gasteiger charge is -2.16. The molecule has 0 spiro atoms. The zero-order chi connectivity index (χ0) is 14.9. The number of hydrogen-bond acceptors (Lipinski definition) is 5. The lowest BCUT2D eigenvalue weighted by molar-refractivity contribution is 0.557. The molecule has 1 N–H and O–H groups in total. The Morgan fingerprint density at radius 1 is 1.23 bits per heavy atom. The zero-order valence-corrected chi connectivity index (χ0v) is 12.3. The molecule has 4 rings (SSSR count). The van der Waals surface area contributed by atoms with E-state index in [1.807, 2.05) is 36.4 Å². The van der Waals surface area contributed by atoms with Crippen LogP contribution in [0.5, 0.6) is 0 Å². The van der Waals surface area contributed by atoms with Crippen LogP contribution in [0.4, 0.5) is 5.95 Å². The SMILES string of the molecule is Cn1cc(-c2cnc3n2[C@@H](CNc2ncccn2)CC3)cn1. The summed E-state index contributed by atoms with van der Waals surface area (Å²) >= 11 is 0. The number of aryl methyl sites for hydroxylation is 2. The summed E-state index contributed by atoms with van der Waals surface area (Å²) < 4.78 is 4.13. The fourth-order valence-corrected chi connectivity index (χ4v) is 2.98. The maximum absolute atomic E-state index is 4.55. The van der Waals surface area contributed by atoms with Crippen molar-refractivity contribution in [3.8, 4) is 11.3 Å². The van der Waals surface area contributed by atoms with Crippen LogP contribution in [0.25, 0.3) is 11.3 Å². The van der Waals surface area contributed by atoms with E-state index in [1.165, 1.54) is 0 Å². The highest BCUT2D eigenvalue weighted by atomic mass is 15.2. The predicted molar refractivity (Wildman–Crippen MR) is 82.3 cm³/mol. The normalized spacial score (nSPS) is 16.7. The summed E-state index contributed by atoms with van der Waals surface area (Å²) in [6.07, 6.45) is 11.4. The second kappa shape index (κ2) is 5.25. The van der Waals surface area contributed by atoms with Gasteiger partial charge in [-0.3, -0.25) is 4.68 Å². The van der Waals surface area contributed by atoms with E-state index in [0.29, 0.717) is 12.0 Å². The Labute approximate surface area is 128 Å². The summed E-state index contributed by atoms with van der Waals surface area (Å²) in [5.74, 6) is 1.80. The summed E-state index contributed by atoms with van der Waals surface area (Å²) in [6, 6.07) is 2.17. The van der Waals surface area contributed by atoms with E-state index in [2.05, 4.69) is 29.9 Å². The summed E-state index contributed by atoms with van der Waals surface area (Å²) in [5, 5.41) is 7.57. The van der Waals surface area contributed by atoms with Gasteiger partial charge in [-0.05, 0) is 12.5 Å². The molecule has 1 aliphatic rings. The molecule has 7 nitrogen and oxygen atoms in total. The number of fused-ring (bicyclic) bond motifs is 1. The van der Waals surface area contributed by atoms with Gasteiger partial charge in [0.15, 0.2) is 0 Å². The third-order valence-electron chi connectivity index (χ3n) is 4.00. The van der Waals surface area contributed by atoms with Crippen molar-refractivity contribution in [2.75, 3.05) is 11.9 Å². The fraction of sp³-hybridized carbons (Fsp3) is 0.333. The molecule has 1 atom stereocenters. The van der Waals surface area contributed by atoms with Crippen LogP contribution in [-0.2, 0) is 13.5 Å². The van der Waals surface area contributed by atoms with Gasteiger partial charge in [0.2, 0.25) is 5.95 Å². The van der Waals surface area contributed by atoms with Gasteiger partial charge in [0, 0.05) is 44.2 Å². The quantitative estimate of drug-likeness (QED) is 0.792. The third kappa shape index (κ3) is 2.24. The number of anilines is 1. The molecule has 0 radical (unpaired) electrons. The van der Waals surface area contributed by atoms with Crippen LogP contribution in [0.15, 0.2) is 37.1 Å². The summed E-state index contributed by atoms with van der Waals surface area (Å²) in [6.45, 7) is 0.792. The van der Waals surface area contributed by atoms with Crippen LogP contribution in [0.2, 0.25) is 0 Å². The first-order chi connectivity index (χ1) is 10.8. The highest BCUT2D eigenvalue weighted by Crippen LogP contribution is 2.32. The minimum atomic E-state index is 0.358. The van der Waals surface area contributed by atoms with E-state index in [0.717, 1.165) is 36.5 Å². The van der Waals surface area contributed by atoms with Crippen molar-refractivity contribution in [1.82, 2.24) is 29.3 Å². The molecular weight excluding hydrogens is 278 g/mol. The molecule has 0 fully saturated rings. The van der Waals surface area contributed by atoms with Crippen molar-refractivity contribution >= 4 is 5.95 Å². The van der Waals surface area contributed by atoms with Crippen LogP contribution in [0, 0.1) is 0 Å². The minimum absolute atomic E-state index is 0.358. The first kappa shape index (κ1) is 13.0. The Hall–Kier alpha value is -2.70. The van der Waals surface area contributed by atoms with Gasteiger partial charge in [0.25, 0.3) is 0 Å². The third-order valence-corrected chi connectivity index (χ3v) is 4.00. The van der Waals surface area contributed by atoms with Crippen LogP contribution in [0.3, 0.4) is 0 Å². The maximum atomic E-state index is 4.55. The van der Waals surface area contributed by atoms with Gasteiger partial charge in [-0.2, -0.15) is 5.10 Å². The molecule has 1 aliphatic heterocycles. The Kier molecular flexibility index (Phi) is 3.10. The molecule has 3 aromatic heterocycles. The van der Waals surface area contributed by atoms with E-state index in [4.69, 9.17) is 0 Å². The second-order valence-corrected chi connectivity index (χ2v) is 5.48. The van der Waals surface area contributed by atoms with Gasteiger partial charge in [0.1, 0.15) is 5.82 Å². The average molecular weight is 295 g/mol. The lowest BCUT2D eigenvalue weighted by atomic mass is 10.2. The number of nitrogens with zero attached hydrogens (tertiary/aromatic N) is 6. The molecule has 0 saturated heterocycles. The van der Waals surface area contributed by atoms with Gasteiger partial charge < -0.3 is 9.88 Å². The van der Waals surface area contributed by atoms with Crippen molar-refractivity contribution in [2.24, 2.45) is 7.05 Å². The number of hydrogen-bond donors (Lipinski definition) is 1. The van der Waals surface area contributed by atoms with Gasteiger partial charge in [-0.1, -0.05) is 0 Å². The van der Waals surface area contributed by atoms with E-state index in [1.54, 1.807) is 12.4 Å². The van der Waals surface area contributed by atoms with Crippen LogP contribution in [0.1, 0.15) is 18.3 Å². The van der Waals surface area contributed by atoms with Crippen molar-refractivity contribution in [1.29, 1.82) is 0 Å². The topological polar surface area (TPSA) is 73.5 Å². The van der Waals surface area contributed by atoms with E-state index >= 15 is 0 Å². The smallest absolute Gasteiger partial charge is 0.222 e. The Morgan fingerprint density at radius 3 is 2.86 bits per heavy atom. The largest absolute Gasteiger partial charge is 0.352 e. The summed E-state index contributed by atoms with van der Waals surface area (Å²) in [5.41, 5.74) is 2.23. The Balaban J connectivity index is 1.58. The first-order valence-electron chi connectivity index (χ1n) is 7.37. The molecule has 0 aromatic carbocycles. The monoisotopic (exact) mass is 295 g/mol. The molecule has 4 heterocycles. The maximum Gasteiger partial charge on any atom is 0.222 e. The number of rotatable bonds is 4. The number of aromatic nitrogens is 6. The Morgan fingerprint density at radius 2 is 2.09 bits per heavy atom. The average Bonchev–Trinajstić information content (AvgIpc) is 3.23. The van der Waals surface area contributed by atoms with Crippen LogP contribution in [-0.4, -0.2) is 35.8 Å². The molecule has 22 heavy (non-hydrogen) atoms. The van der Waals surface area contributed by atoms with Gasteiger partial charge in [-0.25, -0.2) is 15.0 Å². The molecule has 3 aromatic rings. The summed E-state index contributed by atoms with van der Waals surface area (Å²) in [7, 11) is 1.93. The van der Waals surface area contributed by atoms with Crippen LogP contribution >= 0.6 is 0 Å². The van der Waals surface area contributed by atoms with E-state index < -0.39 is 0 Å². The van der Waals surface area contributed by atoms with Crippen molar-refractivity contribution in [2.45, 2.75) is 18.9 Å². The highest BCUT2D eigenvalue weighted by molar-refractivity contribution is 5.58. The van der Waals surface area contributed by atoms with E-state index in [9.17, 15) is 0 Å². The minimum Gasteiger partial charge on any atom is -0.352 e. The molecule has 0 amide bonds. The number of nitrogens with one attached hydrogen (secondary N) is 1. The lowest BCUT2D eigenvalue weighted by Crippen LogP contribution is -2.17. The molecular formula is C15H17N7. The highest BCUT2D eigenvalue weighted by Gasteiger charge is 2.26. The molecule has 7 heteroatoms. The van der Waals surface area contributed by atoms with Gasteiger partial charge in [0.05, 0.1) is 24.1 Å². The zero-order valence-electron chi connectivity index (χ0n) is 12.3. The van der Waals surface area contributed by atoms with Crippen LogP contribution < -0.4 is 5.32 Å². The number of imidazole rings is 1. The second-order valence-electron chi connectivity index (χ2n) is 5.48. The summed E-state index contributed by atoms with van der Waals surface area (Å²) in [4.78, 5) is 13.0. The standard InChI is InChI=1S/C15H17N7/c1-21-10-11(7-20-21)13-9-18-14-4-3-12(22(13)14)8-19-15-16-5-2-6-17-15/h2,5-7,9-10,12H,3-4,8H2,1H3,(H,16,17,19)/t12-/m1/s1. The predicted octanol–water partition coefficient (Wildman–Crippen LogP) is 1.67. The van der Waals surface area contributed by atoms with Gasteiger partial charge >= 0.3 is 0 Å².